The molecule has 28 heavy (non-hydrogen) atoms. The molecule has 0 saturated carbocycles. The molecule has 0 unspecified atom stereocenters. The van der Waals surface area contributed by atoms with Crippen molar-refractivity contribution in [2.45, 2.75) is 25.7 Å². The number of carbonyl (C=O) groups is 1. The number of carbonyl (C=O) groups excluding carboxylic acids is 1. The third-order valence-electron chi connectivity index (χ3n) is 4.84. The van der Waals surface area contributed by atoms with E-state index >= 15 is 0 Å². The number of anilines is 1. The predicted octanol–water partition coefficient (Wildman–Crippen LogP) is 5.23. The van der Waals surface area contributed by atoms with Crippen LogP contribution in [-0.2, 0) is 17.6 Å². The standard InChI is InChI=1S/C23H19N3OS/c24-14-20(12-16-6-2-1-3-7-16)22(27)26-23-25-21(15-28-23)19-11-10-17-8-4-5-9-18(17)13-19/h1-3,6-7,10-13,15H,4-5,8-9H2,(H,25,26,27)/b20-12+. The second-order valence-corrected chi connectivity index (χ2v) is 7.62. The van der Waals surface area contributed by atoms with Crippen molar-refractivity contribution in [1.29, 1.82) is 5.26 Å². The maximum atomic E-state index is 12.5. The van der Waals surface area contributed by atoms with Crippen molar-refractivity contribution in [3.63, 3.8) is 0 Å². The molecule has 2 aromatic carbocycles. The molecule has 1 N–H and O–H groups in total. The number of nitriles is 1. The number of fused-ring (bicyclic) bond motifs is 1. The molecular weight excluding hydrogens is 366 g/mol. The van der Waals surface area contributed by atoms with Gasteiger partial charge < -0.3 is 0 Å². The van der Waals surface area contributed by atoms with Gasteiger partial charge in [0.15, 0.2) is 5.13 Å². The Morgan fingerprint density at radius 3 is 2.68 bits per heavy atom. The molecule has 1 aliphatic carbocycles. The van der Waals surface area contributed by atoms with E-state index in [0.29, 0.717) is 5.13 Å². The molecule has 1 aromatic heterocycles. The van der Waals surface area contributed by atoms with Crippen molar-refractivity contribution in [2.24, 2.45) is 0 Å². The van der Waals surface area contributed by atoms with Gasteiger partial charge in [-0.05, 0) is 54.5 Å². The first-order chi connectivity index (χ1) is 13.7. The van der Waals surface area contributed by atoms with Crippen LogP contribution in [-0.4, -0.2) is 10.9 Å². The van der Waals surface area contributed by atoms with E-state index in [0.717, 1.165) is 29.7 Å². The first-order valence-electron chi connectivity index (χ1n) is 9.29. The van der Waals surface area contributed by atoms with Crippen LogP contribution in [0.25, 0.3) is 17.3 Å². The van der Waals surface area contributed by atoms with Gasteiger partial charge in [-0.3, -0.25) is 10.1 Å². The van der Waals surface area contributed by atoms with E-state index in [-0.39, 0.29) is 5.57 Å². The Morgan fingerprint density at radius 1 is 1.11 bits per heavy atom. The van der Waals surface area contributed by atoms with E-state index in [2.05, 4.69) is 28.5 Å². The molecule has 5 heteroatoms. The van der Waals surface area contributed by atoms with E-state index in [1.807, 2.05) is 41.8 Å². The van der Waals surface area contributed by atoms with Gasteiger partial charge in [0.05, 0.1) is 5.69 Å². The zero-order chi connectivity index (χ0) is 19.3. The average molecular weight is 385 g/mol. The van der Waals surface area contributed by atoms with Crippen LogP contribution < -0.4 is 5.32 Å². The van der Waals surface area contributed by atoms with Gasteiger partial charge in [-0.25, -0.2) is 4.98 Å². The van der Waals surface area contributed by atoms with Crippen LogP contribution in [0, 0.1) is 11.3 Å². The zero-order valence-corrected chi connectivity index (χ0v) is 16.1. The minimum atomic E-state index is -0.447. The Balaban J connectivity index is 1.51. The summed E-state index contributed by atoms with van der Waals surface area (Å²) in [7, 11) is 0. The predicted molar refractivity (Wildman–Crippen MR) is 113 cm³/mol. The monoisotopic (exact) mass is 385 g/mol. The van der Waals surface area contributed by atoms with Gasteiger partial charge in [0.1, 0.15) is 11.6 Å². The van der Waals surface area contributed by atoms with E-state index in [9.17, 15) is 10.1 Å². The maximum Gasteiger partial charge on any atom is 0.268 e. The molecule has 0 fully saturated rings. The zero-order valence-electron chi connectivity index (χ0n) is 15.3. The van der Waals surface area contributed by atoms with Gasteiger partial charge >= 0.3 is 0 Å². The molecule has 1 aliphatic rings. The van der Waals surface area contributed by atoms with Crippen molar-refractivity contribution < 1.29 is 4.79 Å². The number of nitrogens with one attached hydrogen (secondary N) is 1. The number of aromatic nitrogens is 1. The lowest BCUT2D eigenvalue weighted by atomic mass is 9.90. The number of amides is 1. The van der Waals surface area contributed by atoms with Crippen LogP contribution in [0.3, 0.4) is 0 Å². The second-order valence-electron chi connectivity index (χ2n) is 6.76. The van der Waals surface area contributed by atoms with Crippen LogP contribution in [0.5, 0.6) is 0 Å². The lowest BCUT2D eigenvalue weighted by molar-refractivity contribution is -0.112. The molecule has 0 saturated heterocycles. The highest BCUT2D eigenvalue weighted by Crippen LogP contribution is 2.29. The molecule has 0 spiro atoms. The molecule has 1 amide bonds. The molecule has 0 radical (unpaired) electrons. The highest BCUT2D eigenvalue weighted by Gasteiger charge is 2.14. The van der Waals surface area contributed by atoms with Crippen molar-refractivity contribution >= 4 is 28.5 Å². The van der Waals surface area contributed by atoms with Gasteiger partial charge in [-0.1, -0.05) is 42.5 Å². The Hall–Kier alpha value is -3.23. The number of thiazole rings is 1. The van der Waals surface area contributed by atoms with E-state index in [4.69, 9.17) is 0 Å². The van der Waals surface area contributed by atoms with E-state index < -0.39 is 5.91 Å². The Bertz CT molecular complexity index is 1080. The highest BCUT2D eigenvalue weighted by atomic mass is 32.1. The number of rotatable bonds is 4. The molecule has 138 valence electrons. The summed E-state index contributed by atoms with van der Waals surface area (Å²) in [6.45, 7) is 0. The van der Waals surface area contributed by atoms with Crippen LogP contribution in [0.1, 0.15) is 29.5 Å². The summed E-state index contributed by atoms with van der Waals surface area (Å²) in [5.41, 5.74) is 5.61. The summed E-state index contributed by atoms with van der Waals surface area (Å²) in [4.78, 5) is 17.0. The van der Waals surface area contributed by atoms with Crippen molar-refractivity contribution in [1.82, 2.24) is 4.98 Å². The van der Waals surface area contributed by atoms with Gasteiger partial charge in [0.2, 0.25) is 0 Å². The van der Waals surface area contributed by atoms with Crippen LogP contribution in [0.2, 0.25) is 0 Å². The molecule has 0 atom stereocenters. The molecule has 3 aromatic rings. The van der Waals surface area contributed by atoms with Gasteiger partial charge in [-0.2, -0.15) is 5.26 Å². The lowest BCUT2D eigenvalue weighted by Crippen LogP contribution is -2.13. The summed E-state index contributed by atoms with van der Waals surface area (Å²) in [5.74, 6) is -0.447. The largest absolute Gasteiger partial charge is 0.297 e. The van der Waals surface area contributed by atoms with Crippen molar-refractivity contribution in [2.75, 3.05) is 5.32 Å². The van der Waals surface area contributed by atoms with Gasteiger partial charge in [0.25, 0.3) is 5.91 Å². The Kier molecular flexibility index (Phi) is 5.31. The minimum absolute atomic E-state index is 0.0525. The van der Waals surface area contributed by atoms with Gasteiger partial charge in [0, 0.05) is 10.9 Å². The van der Waals surface area contributed by atoms with Crippen molar-refractivity contribution in [3.8, 4) is 17.3 Å². The smallest absolute Gasteiger partial charge is 0.268 e. The number of benzene rings is 2. The molecule has 0 aliphatic heterocycles. The number of hydrogen-bond donors (Lipinski definition) is 1. The first-order valence-corrected chi connectivity index (χ1v) is 10.2. The molecule has 1 heterocycles. The third kappa shape index (κ3) is 4.03. The van der Waals surface area contributed by atoms with Crippen LogP contribution >= 0.6 is 11.3 Å². The Labute approximate surface area is 168 Å². The molecule has 0 bridgehead atoms. The van der Waals surface area contributed by atoms with Crippen LogP contribution in [0.4, 0.5) is 5.13 Å². The second kappa shape index (κ2) is 8.20. The molecular formula is C23H19N3OS. The topological polar surface area (TPSA) is 65.8 Å². The lowest BCUT2D eigenvalue weighted by Gasteiger charge is -2.16. The molecule has 4 rings (SSSR count). The average Bonchev–Trinajstić information content (AvgIpc) is 3.20. The number of nitrogens with zero attached hydrogens (tertiary/aromatic N) is 2. The fraction of sp³-hybridized carbons (Fsp3) is 0.174. The van der Waals surface area contributed by atoms with Gasteiger partial charge in [-0.15, -0.1) is 11.3 Å². The Morgan fingerprint density at radius 2 is 1.89 bits per heavy atom. The van der Waals surface area contributed by atoms with Crippen molar-refractivity contribution in [3.05, 3.63) is 76.2 Å². The van der Waals surface area contributed by atoms with E-state index in [1.54, 1.807) is 6.08 Å². The summed E-state index contributed by atoms with van der Waals surface area (Å²) in [5, 5.41) is 14.5. The quantitative estimate of drug-likeness (QED) is 0.494. The number of aryl methyl sites for hydroxylation is 2. The van der Waals surface area contributed by atoms with Crippen LogP contribution in [0.15, 0.2) is 59.5 Å². The normalized spacial score (nSPS) is 13.5. The molecule has 4 nitrogen and oxygen atoms in total. The first kappa shape index (κ1) is 18.1. The minimum Gasteiger partial charge on any atom is -0.297 e. The summed E-state index contributed by atoms with van der Waals surface area (Å²) < 4.78 is 0. The SMILES string of the molecule is N#C/C(=C\c1ccccc1)C(=O)Nc1nc(-c2ccc3c(c2)CCCC3)cs1. The van der Waals surface area contributed by atoms with E-state index in [1.165, 1.54) is 35.3 Å². The fourth-order valence-electron chi connectivity index (χ4n) is 3.39. The highest BCUT2D eigenvalue weighted by molar-refractivity contribution is 7.14. The summed E-state index contributed by atoms with van der Waals surface area (Å²) >= 11 is 1.36. The third-order valence-corrected chi connectivity index (χ3v) is 5.60. The maximum absolute atomic E-state index is 12.5. The summed E-state index contributed by atoms with van der Waals surface area (Å²) in [6.07, 6.45) is 6.34. The number of hydrogen-bond acceptors (Lipinski definition) is 4. The fourth-order valence-corrected chi connectivity index (χ4v) is 4.10. The summed E-state index contributed by atoms with van der Waals surface area (Å²) in [6, 6.07) is 17.8.